The Morgan fingerprint density at radius 1 is 1.23 bits per heavy atom. The quantitative estimate of drug-likeness (QED) is 0.420. The predicted molar refractivity (Wildman–Crippen MR) is 143 cm³/mol. The highest BCUT2D eigenvalue weighted by Crippen LogP contribution is 2.40. The zero-order valence-electron chi connectivity index (χ0n) is 20.8. The highest BCUT2D eigenvalue weighted by molar-refractivity contribution is 7.21. The van der Waals surface area contributed by atoms with Gasteiger partial charge < -0.3 is 11.1 Å². The average molecular weight is 490 g/mol. The number of nitrogen functional groups attached to an aromatic ring is 1. The van der Waals surface area contributed by atoms with Gasteiger partial charge >= 0.3 is 0 Å². The highest BCUT2D eigenvalue weighted by atomic mass is 32.1. The molecule has 8 heteroatoms. The van der Waals surface area contributed by atoms with Gasteiger partial charge in [-0.2, -0.15) is 0 Å². The summed E-state index contributed by atoms with van der Waals surface area (Å²) >= 11 is 1.29. The average Bonchev–Trinajstić information content (AvgIpc) is 3.25. The molecule has 0 aliphatic heterocycles. The van der Waals surface area contributed by atoms with Crippen molar-refractivity contribution in [3.8, 4) is 5.69 Å². The number of hydrogen-bond acceptors (Lipinski definition) is 5. The predicted octanol–water partition coefficient (Wildman–Crippen LogP) is 5.08. The summed E-state index contributed by atoms with van der Waals surface area (Å²) in [5.74, 6) is 0.201. The Kier molecular flexibility index (Phi) is 5.59. The van der Waals surface area contributed by atoms with E-state index in [0.717, 1.165) is 40.9 Å². The Morgan fingerprint density at radius 3 is 2.63 bits per heavy atom. The third kappa shape index (κ3) is 3.95. The summed E-state index contributed by atoms with van der Waals surface area (Å²) in [6.45, 7) is 8.67. The summed E-state index contributed by atoms with van der Waals surface area (Å²) in [5.41, 5.74) is 10.8. The molecule has 5 rings (SSSR count). The Labute approximate surface area is 208 Å². The second kappa shape index (κ2) is 8.37. The minimum absolute atomic E-state index is 0.234. The fraction of sp³-hybridized carbons (Fsp3) is 0.370. The van der Waals surface area contributed by atoms with E-state index in [1.54, 1.807) is 16.4 Å². The minimum atomic E-state index is -0.387. The van der Waals surface area contributed by atoms with E-state index >= 15 is 0 Å². The molecule has 3 aromatic heterocycles. The number of anilines is 2. The third-order valence-corrected chi connectivity index (χ3v) is 8.42. The molecule has 1 aliphatic carbocycles. The number of aromatic nitrogens is 3. The van der Waals surface area contributed by atoms with E-state index in [1.165, 1.54) is 16.9 Å². The number of amides is 1. The summed E-state index contributed by atoms with van der Waals surface area (Å²) < 4.78 is 3.28. The van der Waals surface area contributed by atoms with Gasteiger partial charge in [-0.25, -0.2) is 9.67 Å². The minimum Gasteiger partial charge on any atom is -0.397 e. The first kappa shape index (κ1) is 23.4. The van der Waals surface area contributed by atoms with Crippen LogP contribution in [0.4, 0.5) is 11.4 Å². The fourth-order valence-corrected chi connectivity index (χ4v) is 5.97. The van der Waals surface area contributed by atoms with Crippen molar-refractivity contribution in [2.24, 2.45) is 18.4 Å². The van der Waals surface area contributed by atoms with Crippen molar-refractivity contribution in [1.82, 2.24) is 14.3 Å². The van der Waals surface area contributed by atoms with Crippen LogP contribution in [0.15, 0.2) is 41.2 Å². The first-order valence-electron chi connectivity index (χ1n) is 11.9. The first-order chi connectivity index (χ1) is 16.6. The Hall–Kier alpha value is -3.39. The van der Waals surface area contributed by atoms with Crippen molar-refractivity contribution >= 4 is 38.8 Å². The lowest BCUT2D eigenvalue weighted by atomic mass is 9.71. The number of pyridine rings is 1. The first-order valence-corrected chi connectivity index (χ1v) is 12.7. The highest BCUT2D eigenvalue weighted by Gasteiger charge is 2.30. The molecule has 182 valence electrons. The second-order valence-electron chi connectivity index (χ2n) is 10.5. The Balaban J connectivity index is 1.49. The smallest absolute Gasteiger partial charge is 0.295 e. The number of carbonyl (C=O) groups is 1. The van der Waals surface area contributed by atoms with Crippen LogP contribution in [0.3, 0.4) is 0 Å². The molecule has 1 aliphatic rings. The second-order valence-corrected chi connectivity index (χ2v) is 11.5. The fourth-order valence-electron chi connectivity index (χ4n) is 4.98. The summed E-state index contributed by atoms with van der Waals surface area (Å²) in [7, 11) is 1.80. The number of thiophene rings is 1. The van der Waals surface area contributed by atoms with Crippen molar-refractivity contribution < 1.29 is 4.79 Å². The monoisotopic (exact) mass is 489 g/mol. The summed E-state index contributed by atoms with van der Waals surface area (Å²) in [6.07, 6.45) is 3.03. The molecule has 1 aromatic carbocycles. The third-order valence-electron chi connectivity index (χ3n) is 7.31. The van der Waals surface area contributed by atoms with Gasteiger partial charge in [0.1, 0.15) is 15.4 Å². The van der Waals surface area contributed by atoms with Gasteiger partial charge in [0.25, 0.3) is 11.5 Å². The number of hydrogen-bond donors (Lipinski definition) is 2. The van der Waals surface area contributed by atoms with Gasteiger partial charge in [-0.3, -0.25) is 14.3 Å². The standard InChI is InChI=1S/C27H31N5O2S/c1-15-22(26(34)32(31(15)5)18-9-7-6-8-10-18)30-24(33)23-21(28)19-14-16-13-17(27(2,3)4)11-12-20(16)29-25(19)35-23/h6-10,14,17H,11-13,28H2,1-5H3,(H,30,33). The summed E-state index contributed by atoms with van der Waals surface area (Å²) in [4.78, 5) is 32.6. The lowest BCUT2D eigenvalue weighted by Crippen LogP contribution is -2.27. The van der Waals surface area contributed by atoms with Crippen molar-refractivity contribution in [1.29, 1.82) is 0 Å². The lowest BCUT2D eigenvalue weighted by Gasteiger charge is -2.34. The van der Waals surface area contributed by atoms with Gasteiger partial charge in [0.05, 0.1) is 17.1 Å². The van der Waals surface area contributed by atoms with E-state index in [2.05, 4.69) is 32.2 Å². The maximum Gasteiger partial charge on any atom is 0.295 e. The van der Waals surface area contributed by atoms with Crippen molar-refractivity contribution in [3.05, 3.63) is 68.6 Å². The van der Waals surface area contributed by atoms with Crippen LogP contribution in [-0.2, 0) is 19.9 Å². The number of nitrogens with two attached hydrogens (primary N) is 1. The molecule has 0 fully saturated rings. The Morgan fingerprint density at radius 2 is 1.94 bits per heavy atom. The van der Waals surface area contributed by atoms with Crippen LogP contribution >= 0.6 is 11.3 Å². The SMILES string of the molecule is Cc1c(NC(=O)c2sc3nc4c(cc3c2N)CC(C(C)(C)C)CC4)c(=O)n(-c2ccccc2)n1C. The van der Waals surface area contributed by atoms with Gasteiger partial charge in [0.15, 0.2) is 0 Å². The number of aryl methyl sites for hydroxylation is 1. The lowest BCUT2D eigenvalue weighted by molar-refractivity contribution is 0.103. The normalized spacial score (nSPS) is 15.9. The zero-order chi connectivity index (χ0) is 25.1. The van der Waals surface area contributed by atoms with Crippen molar-refractivity contribution in [2.75, 3.05) is 11.1 Å². The molecule has 1 amide bonds. The molecule has 0 saturated heterocycles. The van der Waals surface area contributed by atoms with E-state index in [1.807, 2.05) is 37.3 Å². The number of rotatable bonds is 3. The maximum atomic E-state index is 13.3. The Bertz CT molecular complexity index is 1500. The number of nitrogens with zero attached hydrogens (tertiary/aromatic N) is 3. The summed E-state index contributed by atoms with van der Waals surface area (Å²) in [5, 5.41) is 3.65. The largest absolute Gasteiger partial charge is 0.397 e. The van der Waals surface area contributed by atoms with E-state index in [4.69, 9.17) is 10.7 Å². The topological polar surface area (TPSA) is 94.9 Å². The number of benzene rings is 1. The number of nitrogens with one attached hydrogen (secondary N) is 1. The molecule has 7 nitrogen and oxygen atoms in total. The molecule has 3 N–H and O–H groups in total. The van der Waals surface area contributed by atoms with Crippen LogP contribution in [0.1, 0.15) is 53.8 Å². The molecule has 3 heterocycles. The zero-order valence-corrected chi connectivity index (χ0v) is 21.6. The molecule has 0 bridgehead atoms. The molecule has 1 atom stereocenters. The van der Waals surface area contributed by atoms with Crippen LogP contribution in [0.2, 0.25) is 0 Å². The van der Waals surface area contributed by atoms with E-state index in [0.29, 0.717) is 22.2 Å². The van der Waals surface area contributed by atoms with Crippen molar-refractivity contribution in [3.63, 3.8) is 0 Å². The van der Waals surface area contributed by atoms with Gasteiger partial charge in [-0.15, -0.1) is 11.3 Å². The van der Waals surface area contributed by atoms with E-state index < -0.39 is 0 Å². The molecule has 1 unspecified atom stereocenters. The van der Waals surface area contributed by atoms with Gasteiger partial charge in [-0.05, 0) is 61.3 Å². The van der Waals surface area contributed by atoms with Crippen LogP contribution in [0.5, 0.6) is 0 Å². The van der Waals surface area contributed by atoms with Crippen LogP contribution in [-0.4, -0.2) is 20.3 Å². The molecule has 0 spiro atoms. The van der Waals surface area contributed by atoms with Crippen LogP contribution < -0.4 is 16.6 Å². The number of para-hydroxylation sites is 1. The van der Waals surface area contributed by atoms with Gasteiger partial charge in [0, 0.05) is 18.1 Å². The molecular formula is C27H31N5O2S. The van der Waals surface area contributed by atoms with Gasteiger partial charge in [0.2, 0.25) is 0 Å². The van der Waals surface area contributed by atoms with E-state index in [9.17, 15) is 9.59 Å². The molecule has 0 radical (unpaired) electrons. The molecule has 4 aromatic rings. The number of carbonyl (C=O) groups excluding carboxylic acids is 1. The maximum absolute atomic E-state index is 13.3. The van der Waals surface area contributed by atoms with Gasteiger partial charge in [-0.1, -0.05) is 39.0 Å². The molecule has 35 heavy (non-hydrogen) atoms. The number of fused-ring (bicyclic) bond motifs is 2. The van der Waals surface area contributed by atoms with Crippen molar-refractivity contribution in [2.45, 2.75) is 47.0 Å². The molecular weight excluding hydrogens is 458 g/mol. The summed E-state index contributed by atoms with van der Waals surface area (Å²) in [6, 6.07) is 11.5. The van der Waals surface area contributed by atoms with Crippen LogP contribution in [0, 0.1) is 18.3 Å². The van der Waals surface area contributed by atoms with Crippen LogP contribution in [0.25, 0.3) is 15.9 Å². The van der Waals surface area contributed by atoms with E-state index in [-0.39, 0.29) is 22.6 Å². The molecule has 0 saturated carbocycles.